The van der Waals surface area contributed by atoms with E-state index < -0.39 is 13.7 Å². The first-order valence-electron chi connectivity index (χ1n) is 45.8. The summed E-state index contributed by atoms with van der Waals surface area (Å²) in [4.78, 5) is 0. The van der Waals surface area contributed by atoms with Gasteiger partial charge in [0.15, 0.2) is 52.7 Å². The third-order valence-corrected chi connectivity index (χ3v) is 25.3. The molecule has 15 heteroatoms. The molecule has 15 nitrogen and oxygen atoms in total. The summed E-state index contributed by atoms with van der Waals surface area (Å²) in [5.74, 6) is 0. The van der Waals surface area contributed by atoms with E-state index in [0.29, 0.717) is 22.1 Å². The number of rotatable bonds is 5. The van der Waals surface area contributed by atoms with Crippen molar-refractivity contribution in [1.29, 1.82) is 0 Å². The van der Waals surface area contributed by atoms with Gasteiger partial charge in [-0.25, -0.2) is 0 Å². The molecule has 0 amide bonds. The molecule has 0 N–H and O–H groups in total. The second-order valence-electron chi connectivity index (χ2n) is 33.3. The highest BCUT2D eigenvalue weighted by Crippen LogP contribution is 2.47. The van der Waals surface area contributed by atoms with Crippen molar-refractivity contribution >= 4 is 164 Å². The molecule has 620 valence electrons. The van der Waals surface area contributed by atoms with Gasteiger partial charge in [-0.3, -0.25) is 0 Å². The lowest BCUT2D eigenvalue weighted by Gasteiger charge is -2.07. The quantitative estimate of drug-likeness (QED) is 0.154. The third-order valence-electron chi connectivity index (χ3n) is 25.3. The molecule has 0 unspecified atom stereocenters. The summed E-state index contributed by atoms with van der Waals surface area (Å²) in [6, 6.07) is 94.7. The largest absolute Gasteiger partial charge is 0.455 e. The fourth-order valence-electron chi connectivity index (χ4n) is 19.0. The van der Waals surface area contributed by atoms with E-state index >= 15 is 0 Å². The summed E-state index contributed by atoms with van der Waals surface area (Å²) >= 11 is 0. The van der Waals surface area contributed by atoms with Crippen LogP contribution in [0, 0.1) is 62.2 Å². The number of aryl methyl sites for hydroxylation is 13. The zero-order chi connectivity index (χ0) is 92.6. The number of nitrogens with zero attached hydrogens (tertiary/aromatic N) is 10. The molecular weight excluding hydrogens is 1580 g/mol. The molecule has 0 saturated heterocycles. The number of hydrogen-bond donors (Lipinski definition) is 0. The predicted octanol–water partition coefficient (Wildman–Crippen LogP) is 25.6. The molecule has 25 rings (SSSR count). The molecule has 10 aromatic heterocycles. The number of benzene rings is 15. The Labute approximate surface area is 746 Å². The van der Waals surface area contributed by atoms with Crippen LogP contribution in [0.2, 0.25) is 0 Å². The van der Waals surface area contributed by atoms with Crippen LogP contribution in [-0.2, 0) is 35.2 Å². The first-order valence-corrected chi connectivity index (χ1v) is 42.8. The molecule has 0 bridgehead atoms. The smallest absolute Gasteiger partial charge is 0.243 e. The van der Waals surface area contributed by atoms with Gasteiger partial charge >= 0.3 is 0 Å². The van der Waals surface area contributed by atoms with Crippen molar-refractivity contribution in [2.75, 3.05) is 0 Å². The highest BCUT2D eigenvalue weighted by molar-refractivity contribution is 6.26. The molecule has 0 radical (unpaired) electrons. The Morgan fingerprint density at radius 1 is 0.289 bits per heavy atom. The van der Waals surface area contributed by atoms with Crippen LogP contribution < -0.4 is 23.4 Å². The number of fused-ring (bicyclic) bond motifs is 25. The molecule has 15 aromatic carbocycles. The molecule has 10 heterocycles. The van der Waals surface area contributed by atoms with Crippen LogP contribution in [0.5, 0.6) is 0 Å². The molecule has 0 aliphatic carbocycles. The summed E-state index contributed by atoms with van der Waals surface area (Å²) in [7, 11) is 9.62. The monoisotopic (exact) mass is 1680 g/mol. The van der Waals surface area contributed by atoms with Crippen molar-refractivity contribution < 1.29 is 53.7 Å². The lowest BCUT2D eigenvalue weighted by molar-refractivity contribution is -0.744. The topological polar surface area (TPSA) is 142 Å². The van der Waals surface area contributed by atoms with E-state index in [-0.39, 0.29) is 5.69 Å². The van der Waals surface area contributed by atoms with E-state index in [1.807, 2.05) is 149 Å². The first-order chi connectivity index (χ1) is 64.7. The van der Waals surface area contributed by atoms with E-state index in [4.69, 9.17) is 30.3 Å². The minimum absolute atomic E-state index is 0.0733. The van der Waals surface area contributed by atoms with Crippen LogP contribution in [0.1, 0.15) is 58.4 Å². The number of furan rings is 5. The van der Waals surface area contributed by atoms with Gasteiger partial charge in [0.1, 0.15) is 55.9 Å². The summed E-state index contributed by atoms with van der Waals surface area (Å²) in [6.07, 6.45) is 9.51. The van der Waals surface area contributed by atoms with Gasteiger partial charge < -0.3 is 22.1 Å². The Kier molecular flexibility index (Phi) is 18.0. The van der Waals surface area contributed by atoms with E-state index in [1.165, 1.54) is 81.5 Å². The first kappa shape index (κ1) is 72.6. The van der Waals surface area contributed by atoms with Crippen molar-refractivity contribution in [3.8, 4) is 50.7 Å². The average molecular weight is 1680 g/mol. The zero-order valence-electron chi connectivity index (χ0n) is 79.0. The van der Waals surface area contributed by atoms with Crippen LogP contribution in [0.25, 0.3) is 214 Å². The van der Waals surface area contributed by atoms with Crippen molar-refractivity contribution in [3.63, 3.8) is 0 Å². The van der Waals surface area contributed by atoms with E-state index in [0.717, 1.165) is 155 Å². The second-order valence-corrected chi connectivity index (χ2v) is 33.3. The predicted molar refractivity (Wildman–Crippen MR) is 517 cm³/mol. The summed E-state index contributed by atoms with van der Waals surface area (Å²) in [5.41, 5.74) is 25.7. The molecule has 0 atom stereocenters. The Morgan fingerprint density at radius 2 is 0.703 bits per heavy atom. The Bertz CT molecular complexity index is 9130. The SMILES string of the molecule is Cc1cc2c(oc3ccc4ccccc4c32)c(-c2cccn[n+]2C)c1C.Cc1ccc2c(oc3ccc4ccccc4c32)c1-n1ccc[n+]1C.Cc1cn[n+](C)c(-c2c(C)ccc3c2oc2ccc4ccccc4c23)c1.[2H]C([2H])([2H])c1cc(C)c(-c2cccn[n+]2C)c2oc3ccc4ccccc4c3c12.[2H]C([2H])([2H])c1ccc(-c2c(C)ccc3c2oc2ccc4ccccc4c23)[n+](C)n1. The van der Waals surface area contributed by atoms with Crippen LogP contribution in [0.15, 0.2) is 332 Å². The van der Waals surface area contributed by atoms with Gasteiger partial charge in [0.05, 0.1) is 47.0 Å². The van der Waals surface area contributed by atoms with Crippen molar-refractivity contribution in [2.45, 2.75) is 62.2 Å². The summed E-state index contributed by atoms with van der Waals surface area (Å²) < 4.78 is 90.5. The fourth-order valence-corrected chi connectivity index (χ4v) is 19.0. The summed E-state index contributed by atoms with van der Waals surface area (Å²) in [5, 5.41) is 39.9. The highest BCUT2D eigenvalue weighted by Gasteiger charge is 2.30. The van der Waals surface area contributed by atoms with Crippen molar-refractivity contribution in [2.24, 2.45) is 35.2 Å². The van der Waals surface area contributed by atoms with E-state index in [2.05, 4.69) is 253 Å². The minimum atomic E-state index is -2.26. The van der Waals surface area contributed by atoms with Gasteiger partial charge in [-0.05, 0) is 236 Å². The lowest BCUT2D eigenvalue weighted by atomic mass is 9.95. The molecule has 0 spiro atoms. The van der Waals surface area contributed by atoms with E-state index in [9.17, 15) is 0 Å². The van der Waals surface area contributed by atoms with Gasteiger partial charge in [-0.1, -0.05) is 213 Å². The second kappa shape index (κ2) is 31.7. The van der Waals surface area contributed by atoms with Crippen LogP contribution in [-0.4, -0.2) is 25.1 Å². The maximum atomic E-state index is 8.17. The number of aromatic nitrogens is 10. The standard InChI is InChI=1S/4C23H19N2O.C21H17N2O/c1-14-13-18-22-17-8-5-4-7-16(17)10-11-20(22)26-23(18)21(15(14)2)19-9-6-12-24-25(19)3;1-14-13-15(2)21-22-17-8-5-4-7-16(17)10-11-19(22)26-23(21)20(14)18-9-6-12-24-25(18)3;1-14-8-11-18-22-17-7-5-4-6-16(17)10-13-20(22)26-23(18)21(14)19-12-9-15(2)24-25(19)3;1-14-12-19(25(3)24-13-14)21-15(2)8-10-18-22-17-7-5-4-6-16(17)9-11-20(22)26-23(18)21;1-14-8-10-17-19-16-7-4-3-6-15(16)9-11-18(19)24-21(17)20(14)23-13-5-12-22(23)2/h4*4-13H,1-3H3;3-13H,1-2H3/q5*+1/i;2*2D3;;. The normalized spacial score (nSPS) is 12.6. The molecule has 0 aliphatic heterocycles. The Hall–Kier alpha value is -15.9. The van der Waals surface area contributed by atoms with Crippen molar-refractivity contribution in [3.05, 3.63) is 360 Å². The average Bonchev–Trinajstić information content (AvgIpc) is 1.37. The van der Waals surface area contributed by atoms with Gasteiger partial charge in [-0.2, -0.15) is 0 Å². The molecule has 128 heavy (non-hydrogen) atoms. The molecule has 0 saturated carbocycles. The Morgan fingerprint density at radius 3 is 1.18 bits per heavy atom. The van der Waals surface area contributed by atoms with Gasteiger partial charge in [0.25, 0.3) is 0 Å². The van der Waals surface area contributed by atoms with Gasteiger partial charge in [0, 0.05) is 92.4 Å². The van der Waals surface area contributed by atoms with Crippen LogP contribution in [0.3, 0.4) is 0 Å². The van der Waals surface area contributed by atoms with Crippen molar-refractivity contribution in [1.82, 2.24) is 25.1 Å². The minimum Gasteiger partial charge on any atom is -0.455 e. The van der Waals surface area contributed by atoms with Crippen LogP contribution in [0.4, 0.5) is 0 Å². The third kappa shape index (κ3) is 13.4. The molecular formula is C113H93N10O5+5. The van der Waals surface area contributed by atoms with Gasteiger partial charge in [0.2, 0.25) is 22.8 Å². The fraction of sp³-hybridized carbons (Fsp3) is 0.124. The maximum absolute atomic E-state index is 8.17. The van der Waals surface area contributed by atoms with Gasteiger partial charge in [-0.15, -0.1) is 9.36 Å². The van der Waals surface area contributed by atoms with Crippen LogP contribution >= 0.6 is 0 Å². The summed E-state index contributed by atoms with van der Waals surface area (Å²) in [6.45, 7) is 10.1. The highest BCUT2D eigenvalue weighted by atomic mass is 16.3. The number of hydrogen-bond acceptors (Lipinski definition) is 9. The Balaban J connectivity index is 0.000000101. The zero-order valence-corrected chi connectivity index (χ0v) is 73.0. The molecule has 0 aliphatic rings. The maximum Gasteiger partial charge on any atom is 0.243 e. The molecule has 25 aromatic rings. The molecule has 0 fully saturated rings. The lowest BCUT2D eigenvalue weighted by Crippen LogP contribution is -2.37. The van der Waals surface area contributed by atoms with E-state index in [1.54, 1.807) is 40.9 Å².